The molecule has 0 N–H and O–H groups in total. The summed E-state index contributed by atoms with van der Waals surface area (Å²) in [5, 5.41) is 9.71. The third kappa shape index (κ3) is 4.86. The third-order valence-electron chi connectivity index (χ3n) is 10.9. The van der Waals surface area contributed by atoms with Crippen molar-refractivity contribution >= 4 is 43.1 Å². The van der Waals surface area contributed by atoms with Gasteiger partial charge in [0.15, 0.2) is 17.5 Å². The van der Waals surface area contributed by atoms with Gasteiger partial charge in [0.2, 0.25) is 0 Å². The lowest BCUT2D eigenvalue weighted by atomic mass is 9.90. The summed E-state index contributed by atoms with van der Waals surface area (Å²) in [5.41, 5.74) is 10.4. The molecule has 0 atom stereocenters. The summed E-state index contributed by atoms with van der Waals surface area (Å²) in [4.78, 5) is 15.8. The van der Waals surface area contributed by atoms with Gasteiger partial charge in [-0.25, -0.2) is 15.0 Å². The molecule has 0 fully saturated rings. The number of hydrogen-bond donors (Lipinski definition) is 0. The Bertz CT molecular complexity index is 3090. The van der Waals surface area contributed by atoms with Crippen molar-refractivity contribution in [3.05, 3.63) is 187 Å². The van der Waals surface area contributed by atoms with E-state index >= 15 is 0 Å². The van der Waals surface area contributed by atoms with Crippen LogP contribution in [0.4, 0.5) is 0 Å². The van der Waals surface area contributed by atoms with E-state index in [1.165, 1.54) is 54.6 Å². The zero-order chi connectivity index (χ0) is 34.9. The maximum atomic E-state index is 5.34. The highest BCUT2D eigenvalue weighted by molar-refractivity contribution is 6.18. The topological polar surface area (TPSA) is 38.7 Å². The molecule has 0 aliphatic heterocycles. The first-order chi connectivity index (χ1) is 26.2. The Balaban J connectivity index is 1.16. The Morgan fingerprint density at radius 3 is 1.74 bits per heavy atom. The van der Waals surface area contributed by atoms with Gasteiger partial charge < -0.3 is 0 Å². The van der Waals surface area contributed by atoms with E-state index in [1.807, 2.05) is 18.2 Å². The molecule has 3 nitrogen and oxygen atoms in total. The number of hydrogen-bond acceptors (Lipinski definition) is 3. The molecule has 1 aromatic heterocycles. The highest BCUT2D eigenvalue weighted by atomic mass is 15.0. The lowest BCUT2D eigenvalue weighted by Gasteiger charge is -2.16. The van der Waals surface area contributed by atoms with Gasteiger partial charge >= 0.3 is 0 Å². The molecule has 3 heteroatoms. The van der Waals surface area contributed by atoms with Crippen LogP contribution in [0.3, 0.4) is 0 Å². The van der Waals surface area contributed by atoms with Gasteiger partial charge in [-0.15, -0.1) is 0 Å². The van der Waals surface area contributed by atoms with Crippen molar-refractivity contribution in [1.82, 2.24) is 15.0 Å². The van der Waals surface area contributed by atoms with Gasteiger partial charge in [0, 0.05) is 16.7 Å². The number of fused-ring (bicyclic) bond motifs is 9. The molecule has 0 saturated heterocycles. The van der Waals surface area contributed by atoms with E-state index < -0.39 is 0 Å². The van der Waals surface area contributed by atoms with E-state index in [1.54, 1.807) is 0 Å². The van der Waals surface area contributed by atoms with Crippen LogP contribution in [0, 0.1) is 0 Å². The molecule has 0 amide bonds. The van der Waals surface area contributed by atoms with Crippen LogP contribution in [-0.4, -0.2) is 15.0 Å². The van der Waals surface area contributed by atoms with Crippen molar-refractivity contribution in [2.75, 3.05) is 0 Å². The Hall–Kier alpha value is -6.97. The van der Waals surface area contributed by atoms with Crippen LogP contribution in [0.15, 0.2) is 176 Å². The first-order valence-electron chi connectivity index (χ1n) is 18.1. The fraction of sp³-hybridized carbons (Fsp3) is 0.0200. The maximum Gasteiger partial charge on any atom is 0.165 e. The Morgan fingerprint density at radius 2 is 0.887 bits per heavy atom. The van der Waals surface area contributed by atoms with Crippen LogP contribution < -0.4 is 0 Å². The van der Waals surface area contributed by atoms with Crippen LogP contribution >= 0.6 is 0 Å². The second kappa shape index (κ2) is 11.8. The molecule has 246 valence electrons. The van der Waals surface area contributed by atoms with E-state index in [4.69, 9.17) is 15.0 Å². The number of rotatable bonds is 4. The molecule has 0 unspecified atom stereocenters. The van der Waals surface area contributed by atoms with Crippen LogP contribution in [-0.2, 0) is 6.42 Å². The Kier molecular flexibility index (Phi) is 6.62. The molecule has 9 aromatic carbocycles. The first-order valence-corrected chi connectivity index (χ1v) is 18.1. The van der Waals surface area contributed by atoms with Gasteiger partial charge in [0.05, 0.1) is 0 Å². The molecule has 1 aliphatic carbocycles. The second-order valence-electron chi connectivity index (χ2n) is 14.0. The van der Waals surface area contributed by atoms with E-state index in [0.717, 1.165) is 45.0 Å². The summed E-state index contributed by atoms with van der Waals surface area (Å²) in [7, 11) is 0. The SMILES string of the molecule is c1ccc(-c2nc(-c3ccc4c(c3)-c3ccccc3C4)nc(-c3c(-c4ccc5ccc6c7ccccc7ccc6c5c4)ccc4ccccc34)n2)cc1. The molecule has 0 bridgehead atoms. The average molecular weight is 674 g/mol. The predicted molar refractivity (Wildman–Crippen MR) is 220 cm³/mol. The standard InChI is InChI=1S/C50H31N3/c1-2-12-34(13-3-1)48-51-49(38-21-20-36-28-35-14-6-8-16-40(35)46(36)30-38)53-50(52-48)47-41-17-9-5-11-32(41)22-25-42(47)37-19-18-33-24-26-43-39-15-7-4-10-31(39)23-27-44(43)45(33)29-37/h1-27,29-30H,28H2. The summed E-state index contributed by atoms with van der Waals surface area (Å²) < 4.78 is 0. The van der Waals surface area contributed by atoms with Crippen LogP contribution in [0.1, 0.15) is 11.1 Å². The maximum absolute atomic E-state index is 5.34. The van der Waals surface area contributed by atoms with Gasteiger partial charge in [-0.3, -0.25) is 0 Å². The minimum atomic E-state index is 0.654. The van der Waals surface area contributed by atoms with Gasteiger partial charge in [-0.1, -0.05) is 164 Å². The quantitative estimate of drug-likeness (QED) is 0.175. The van der Waals surface area contributed by atoms with Crippen molar-refractivity contribution in [2.24, 2.45) is 0 Å². The van der Waals surface area contributed by atoms with Gasteiger partial charge in [-0.2, -0.15) is 0 Å². The Labute approximate surface area is 306 Å². The molecule has 0 radical (unpaired) electrons. The monoisotopic (exact) mass is 673 g/mol. The van der Waals surface area contributed by atoms with Crippen molar-refractivity contribution in [3.63, 3.8) is 0 Å². The lowest BCUT2D eigenvalue weighted by Crippen LogP contribution is -2.02. The Morgan fingerprint density at radius 1 is 0.302 bits per heavy atom. The smallest absolute Gasteiger partial charge is 0.165 e. The zero-order valence-electron chi connectivity index (χ0n) is 28.8. The van der Waals surface area contributed by atoms with Crippen LogP contribution in [0.25, 0.3) is 99.5 Å². The average Bonchev–Trinajstić information content (AvgIpc) is 3.61. The molecule has 10 aromatic rings. The third-order valence-corrected chi connectivity index (χ3v) is 10.9. The molecule has 53 heavy (non-hydrogen) atoms. The molecular formula is C50H31N3. The lowest BCUT2D eigenvalue weighted by molar-refractivity contribution is 1.08. The highest BCUT2D eigenvalue weighted by Gasteiger charge is 2.22. The summed E-state index contributed by atoms with van der Waals surface area (Å²) in [6.07, 6.45) is 0.945. The fourth-order valence-corrected chi connectivity index (χ4v) is 8.33. The highest BCUT2D eigenvalue weighted by Crippen LogP contribution is 2.42. The van der Waals surface area contributed by atoms with E-state index in [-0.39, 0.29) is 0 Å². The van der Waals surface area contributed by atoms with Gasteiger partial charge in [0.1, 0.15) is 0 Å². The van der Waals surface area contributed by atoms with E-state index in [0.29, 0.717) is 17.5 Å². The minimum absolute atomic E-state index is 0.654. The number of aromatic nitrogens is 3. The first kappa shape index (κ1) is 29.7. The molecule has 0 spiro atoms. The second-order valence-corrected chi connectivity index (χ2v) is 14.0. The summed E-state index contributed by atoms with van der Waals surface area (Å²) in [5.74, 6) is 1.98. The van der Waals surface area contributed by atoms with Crippen LogP contribution in [0.5, 0.6) is 0 Å². The normalized spacial score (nSPS) is 12.1. The van der Waals surface area contributed by atoms with Crippen molar-refractivity contribution in [3.8, 4) is 56.4 Å². The minimum Gasteiger partial charge on any atom is -0.208 e. The van der Waals surface area contributed by atoms with E-state index in [2.05, 4.69) is 158 Å². The van der Waals surface area contributed by atoms with Crippen molar-refractivity contribution in [2.45, 2.75) is 6.42 Å². The number of benzene rings is 9. The van der Waals surface area contributed by atoms with Crippen LogP contribution in [0.2, 0.25) is 0 Å². The van der Waals surface area contributed by atoms with Gasteiger partial charge in [-0.05, 0) is 95.0 Å². The zero-order valence-corrected chi connectivity index (χ0v) is 28.8. The molecule has 1 heterocycles. The summed E-state index contributed by atoms with van der Waals surface area (Å²) in [6, 6.07) is 63.1. The molecular weight excluding hydrogens is 643 g/mol. The number of nitrogens with zero attached hydrogens (tertiary/aromatic N) is 3. The van der Waals surface area contributed by atoms with E-state index in [9.17, 15) is 0 Å². The molecule has 0 saturated carbocycles. The largest absolute Gasteiger partial charge is 0.208 e. The van der Waals surface area contributed by atoms with Crippen molar-refractivity contribution < 1.29 is 0 Å². The van der Waals surface area contributed by atoms with Gasteiger partial charge in [0.25, 0.3) is 0 Å². The molecule has 1 aliphatic rings. The predicted octanol–water partition coefficient (Wildman–Crippen LogP) is 12.7. The summed E-state index contributed by atoms with van der Waals surface area (Å²) in [6.45, 7) is 0. The molecule has 11 rings (SSSR count). The fourth-order valence-electron chi connectivity index (χ4n) is 8.33. The van der Waals surface area contributed by atoms with Crippen molar-refractivity contribution in [1.29, 1.82) is 0 Å². The summed E-state index contributed by atoms with van der Waals surface area (Å²) >= 11 is 0.